The highest BCUT2D eigenvalue weighted by atomic mass is 16.2. The maximum Gasteiger partial charge on any atom is 0.245 e. The number of hydrogen-bond donors (Lipinski definition) is 3. The van der Waals surface area contributed by atoms with Gasteiger partial charge in [0.2, 0.25) is 17.7 Å². The maximum atomic E-state index is 14.2. The van der Waals surface area contributed by atoms with Gasteiger partial charge in [-0.3, -0.25) is 19.4 Å². The van der Waals surface area contributed by atoms with Gasteiger partial charge in [-0.1, -0.05) is 72.1 Å². The molecule has 1 saturated heterocycles. The maximum absolute atomic E-state index is 14.2. The Labute approximate surface area is 259 Å². The van der Waals surface area contributed by atoms with E-state index in [1.807, 2.05) is 68.4 Å². The molecule has 230 valence electrons. The number of hydrogen-bond acceptors (Lipinski definition) is 4. The summed E-state index contributed by atoms with van der Waals surface area (Å²) in [5.41, 5.74) is 15.1. The van der Waals surface area contributed by atoms with Crippen LogP contribution in [0.2, 0.25) is 0 Å². The molecule has 1 fully saturated rings. The van der Waals surface area contributed by atoms with Gasteiger partial charge in [-0.2, -0.15) is 0 Å². The Morgan fingerprint density at radius 2 is 1.77 bits per heavy atom. The van der Waals surface area contributed by atoms with E-state index in [2.05, 4.69) is 22.3 Å². The highest BCUT2D eigenvalue weighted by Gasteiger charge is 2.40. The SMILES string of the molecule is C#C[C@@H]1CN(C(=O)[C@@H](Cc2ccc(C)cc2C)NC(C)=O)[C@@H](CCCN=C(N)N)CN1C(=O)Cc1ccc2ccccc2c1. The second kappa shape index (κ2) is 14.6. The first kappa shape index (κ1) is 32.1. The highest BCUT2D eigenvalue weighted by molar-refractivity contribution is 5.89. The fourth-order valence-electron chi connectivity index (χ4n) is 5.92. The van der Waals surface area contributed by atoms with Crippen LogP contribution >= 0.6 is 0 Å². The van der Waals surface area contributed by atoms with Gasteiger partial charge in [-0.05, 0) is 54.2 Å². The average molecular weight is 595 g/mol. The molecule has 0 radical (unpaired) electrons. The van der Waals surface area contributed by atoms with E-state index in [9.17, 15) is 14.4 Å². The van der Waals surface area contributed by atoms with Gasteiger partial charge in [0, 0.05) is 32.5 Å². The van der Waals surface area contributed by atoms with Crippen molar-refractivity contribution >= 4 is 34.5 Å². The third-order valence-electron chi connectivity index (χ3n) is 8.15. The molecule has 9 heteroatoms. The molecule has 0 saturated carbocycles. The third kappa shape index (κ3) is 8.16. The Kier molecular flexibility index (Phi) is 10.6. The fourth-order valence-corrected chi connectivity index (χ4v) is 5.92. The van der Waals surface area contributed by atoms with Gasteiger partial charge in [-0.25, -0.2) is 0 Å². The summed E-state index contributed by atoms with van der Waals surface area (Å²) >= 11 is 0. The standard InChI is InChI=1S/C35H42N6O3/c1-5-30-21-41(34(44)32(39-25(4)42)20-28-14-12-23(2)17-24(28)3)31(11-8-16-38-35(36)37)22-40(30)33(43)19-26-13-15-27-9-6-7-10-29(27)18-26/h1,6-7,9-10,12-15,17-18,30-32H,8,11,16,19-22H2,2-4H3,(H,39,42)(H4,36,37,38)/t30-,31+,32-/m1/s1. The second-order valence-corrected chi connectivity index (χ2v) is 11.6. The normalized spacial score (nSPS) is 17.0. The summed E-state index contributed by atoms with van der Waals surface area (Å²) in [5.74, 6) is 2.13. The van der Waals surface area contributed by atoms with Crippen LogP contribution in [0.1, 0.15) is 42.0 Å². The lowest BCUT2D eigenvalue weighted by molar-refractivity contribution is -0.147. The van der Waals surface area contributed by atoms with Gasteiger partial charge < -0.3 is 26.6 Å². The monoisotopic (exact) mass is 594 g/mol. The van der Waals surface area contributed by atoms with Gasteiger partial charge in [0.05, 0.1) is 13.0 Å². The summed E-state index contributed by atoms with van der Waals surface area (Å²) in [5, 5.41) is 5.03. The first-order chi connectivity index (χ1) is 21.0. The van der Waals surface area contributed by atoms with Crippen LogP contribution < -0.4 is 16.8 Å². The number of amides is 3. The molecular weight excluding hydrogens is 552 g/mol. The van der Waals surface area contributed by atoms with Gasteiger partial charge >= 0.3 is 0 Å². The lowest BCUT2D eigenvalue weighted by Gasteiger charge is -2.46. The molecular formula is C35H42N6O3. The van der Waals surface area contributed by atoms with Crippen LogP contribution in [0.5, 0.6) is 0 Å². The Bertz CT molecular complexity index is 1590. The minimum absolute atomic E-state index is 0.000326. The van der Waals surface area contributed by atoms with Crippen molar-refractivity contribution in [2.45, 2.75) is 64.6 Å². The zero-order chi connectivity index (χ0) is 31.8. The number of piperazine rings is 1. The number of terminal acetylenes is 1. The van der Waals surface area contributed by atoms with Gasteiger partial charge in [-0.15, -0.1) is 6.42 Å². The van der Waals surface area contributed by atoms with E-state index in [1.165, 1.54) is 6.92 Å². The summed E-state index contributed by atoms with van der Waals surface area (Å²) in [6, 6.07) is 18.3. The van der Waals surface area contributed by atoms with Crippen LogP contribution in [0.4, 0.5) is 0 Å². The molecule has 1 heterocycles. The summed E-state index contributed by atoms with van der Waals surface area (Å²) < 4.78 is 0. The fraction of sp³-hybridized carbons (Fsp3) is 0.371. The molecule has 3 aromatic rings. The molecule has 9 nitrogen and oxygen atoms in total. The zero-order valence-corrected chi connectivity index (χ0v) is 25.8. The van der Waals surface area contributed by atoms with E-state index < -0.39 is 12.1 Å². The predicted molar refractivity (Wildman–Crippen MR) is 175 cm³/mol. The van der Waals surface area contributed by atoms with Crippen LogP contribution in [-0.2, 0) is 27.2 Å². The molecule has 0 aliphatic carbocycles. The van der Waals surface area contributed by atoms with Crippen LogP contribution in [0, 0.1) is 26.2 Å². The van der Waals surface area contributed by atoms with Crippen molar-refractivity contribution in [1.82, 2.24) is 15.1 Å². The van der Waals surface area contributed by atoms with Crippen molar-refractivity contribution in [3.05, 3.63) is 82.9 Å². The van der Waals surface area contributed by atoms with Crippen molar-refractivity contribution in [3.63, 3.8) is 0 Å². The van der Waals surface area contributed by atoms with E-state index in [0.29, 0.717) is 25.8 Å². The molecule has 3 atom stereocenters. The average Bonchev–Trinajstić information content (AvgIpc) is 2.99. The van der Waals surface area contributed by atoms with E-state index in [4.69, 9.17) is 17.9 Å². The van der Waals surface area contributed by atoms with Crippen LogP contribution in [0.25, 0.3) is 10.8 Å². The van der Waals surface area contributed by atoms with Gasteiger partial charge in [0.15, 0.2) is 5.96 Å². The topological polar surface area (TPSA) is 134 Å². The van der Waals surface area contributed by atoms with Crippen LogP contribution in [0.3, 0.4) is 0 Å². The van der Waals surface area contributed by atoms with E-state index in [1.54, 1.807) is 9.80 Å². The van der Waals surface area contributed by atoms with E-state index in [-0.39, 0.29) is 49.2 Å². The minimum Gasteiger partial charge on any atom is -0.370 e. The Morgan fingerprint density at radius 1 is 1.02 bits per heavy atom. The first-order valence-corrected chi connectivity index (χ1v) is 15.0. The molecule has 44 heavy (non-hydrogen) atoms. The number of carbonyl (C=O) groups excluding carboxylic acids is 3. The number of fused-ring (bicyclic) bond motifs is 1. The Balaban J connectivity index is 1.58. The van der Waals surface area contributed by atoms with Crippen molar-refractivity contribution in [1.29, 1.82) is 0 Å². The Hall–Kier alpha value is -4.84. The molecule has 0 bridgehead atoms. The summed E-state index contributed by atoms with van der Waals surface area (Å²) in [6.07, 6.45) is 7.66. The molecule has 0 unspecified atom stereocenters. The quantitative estimate of drug-likeness (QED) is 0.144. The molecule has 0 aromatic heterocycles. The van der Waals surface area contributed by atoms with Crippen molar-refractivity contribution in [2.24, 2.45) is 16.5 Å². The summed E-state index contributed by atoms with van der Waals surface area (Å²) in [6.45, 7) is 6.24. The van der Waals surface area contributed by atoms with Gasteiger partial charge in [0.25, 0.3) is 0 Å². The van der Waals surface area contributed by atoms with Crippen molar-refractivity contribution in [3.8, 4) is 12.3 Å². The molecule has 3 aromatic carbocycles. The molecule has 1 aliphatic rings. The minimum atomic E-state index is -0.785. The van der Waals surface area contributed by atoms with Crippen LogP contribution in [-0.4, -0.2) is 71.2 Å². The van der Waals surface area contributed by atoms with E-state index >= 15 is 0 Å². The number of nitrogens with two attached hydrogens (primary N) is 2. The number of aryl methyl sites for hydroxylation is 2. The number of nitrogens with zero attached hydrogens (tertiary/aromatic N) is 3. The van der Waals surface area contributed by atoms with Crippen LogP contribution in [0.15, 0.2) is 65.7 Å². The number of rotatable bonds is 10. The predicted octanol–water partition coefficient (Wildman–Crippen LogP) is 2.84. The smallest absolute Gasteiger partial charge is 0.245 e. The molecule has 5 N–H and O–H groups in total. The molecule has 0 spiro atoms. The molecule has 3 amide bonds. The van der Waals surface area contributed by atoms with E-state index in [0.717, 1.165) is 33.0 Å². The van der Waals surface area contributed by atoms with Crippen molar-refractivity contribution < 1.29 is 14.4 Å². The largest absolute Gasteiger partial charge is 0.370 e. The lowest BCUT2D eigenvalue weighted by Crippen LogP contribution is -2.64. The number of carbonyl (C=O) groups is 3. The van der Waals surface area contributed by atoms with Crippen molar-refractivity contribution in [2.75, 3.05) is 19.6 Å². The summed E-state index contributed by atoms with van der Waals surface area (Å²) in [7, 11) is 0. The second-order valence-electron chi connectivity index (χ2n) is 11.6. The third-order valence-corrected chi connectivity index (χ3v) is 8.15. The Morgan fingerprint density at radius 3 is 2.45 bits per heavy atom. The number of nitrogens with one attached hydrogen (secondary N) is 1. The number of guanidine groups is 1. The number of aliphatic imine (C=N–C) groups is 1. The van der Waals surface area contributed by atoms with Gasteiger partial charge in [0.1, 0.15) is 12.1 Å². The number of benzene rings is 3. The first-order valence-electron chi connectivity index (χ1n) is 15.0. The zero-order valence-electron chi connectivity index (χ0n) is 25.8. The molecule has 1 aliphatic heterocycles. The lowest BCUT2D eigenvalue weighted by atomic mass is 9.95. The molecule has 4 rings (SSSR count). The summed E-state index contributed by atoms with van der Waals surface area (Å²) in [4.78, 5) is 47.7. The highest BCUT2D eigenvalue weighted by Crippen LogP contribution is 2.24.